The van der Waals surface area contributed by atoms with Crippen LogP contribution < -0.4 is 4.74 Å². The molecular weight excluding hydrogens is 290 g/mol. The molecule has 0 radical (unpaired) electrons. The molecule has 21 heavy (non-hydrogen) atoms. The van der Waals surface area contributed by atoms with E-state index in [1.54, 1.807) is 0 Å². The summed E-state index contributed by atoms with van der Waals surface area (Å²) in [5.41, 5.74) is 0. The number of hydrogen-bond acceptors (Lipinski definition) is 2. The Bertz CT molecular complexity index is 516. The zero-order valence-electron chi connectivity index (χ0n) is 11.5. The van der Waals surface area contributed by atoms with E-state index in [-0.39, 0.29) is 6.07 Å². The SMILES string of the molecule is CCC1CCN(C(=O)Oc2c(F)c(F)cc(F)c2F)CC1. The average Bonchev–Trinajstić information content (AvgIpc) is 2.49. The molecule has 0 N–H and O–H groups in total. The summed E-state index contributed by atoms with van der Waals surface area (Å²) in [6.07, 6.45) is 1.50. The van der Waals surface area contributed by atoms with Gasteiger partial charge in [-0.2, -0.15) is 8.78 Å². The number of ether oxygens (including phenoxy) is 1. The topological polar surface area (TPSA) is 29.5 Å². The molecule has 0 atom stereocenters. The van der Waals surface area contributed by atoms with E-state index in [0.717, 1.165) is 19.3 Å². The van der Waals surface area contributed by atoms with Gasteiger partial charge in [0.2, 0.25) is 17.4 Å². The number of likely N-dealkylation sites (tertiary alicyclic amines) is 1. The number of benzene rings is 1. The van der Waals surface area contributed by atoms with Crippen molar-refractivity contribution in [1.82, 2.24) is 4.90 Å². The third-order valence-electron chi connectivity index (χ3n) is 3.71. The lowest BCUT2D eigenvalue weighted by Crippen LogP contribution is -2.40. The van der Waals surface area contributed by atoms with E-state index in [2.05, 4.69) is 4.74 Å². The Labute approximate surface area is 119 Å². The van der Waals surface area contributed by atoms with Gasteiger partial charge in [0, 0.05) is 19.2 Å². The van der Waals surface area contributed by atoms with Crippen molar-refractivity contribution < 1.29 is 27.1 Å². The molecule has 0 unspecified atom stereocenters. The first-order valence-corrected chi connectivity index (χ1v) is 6.73. The molecule has 2 rings (SSSR count). The molecule has 1 fully saturated rings. The lowest BCUT2D eigenvalue weighted by Gasteiger charge is -2.30. The molecule has 0 aliphatic carbocycles. The highest BCUT2D eigenvalue weighted by atomic mass is 19.2. The summed E-state index contributed by atoms with van der Waals surface area (Å²) in [5, 5.41) is 0. The molecule has 3 nitrogen and oxygen atoms in total. The fourth-order valence-corrected chi connectivity index (χ4v) is 2.32. The monoisotopic (exact) mass is 305 g/mol. The first-order valence-electron chi connectivity index (χ1n) is 6.73. The minimum absolute atomic E-state index is 0.0642. The second-order valence-corrected chi connectivity index (χ2v) is 5.00. The normalized spacial score (nSPS) is 16.1. The van der Waals surface area contributed by atoms with Gasteiger partial charge in [-0.05, 0) is 18.8 Å². The van der Waals surface area contributed by atoms with Crippen LogP contribution in [0.5, 0.6) is 5.75 Å². The molecule has 1 aromatic rings. The van der Waals surface area contributed by atoms with Gasteiger partial charge in [0.05, 0.1) is 0 Å². The van der Waals surface area contributed by atoms with E-state index in [1.807, 2.05) is 6.92 Å². The van der Waals surface area contributed by atoms with Crippen molar-refractivity contribution >= 4 is 6.09 Å². The Morgan fingerprint density at radius 3 is 2.19 bits per heavy atom. The van der Waals surface area contributed by atoms with Gasteiger partial charge in [-0.15, -0.1) is 0 Å². The highest BCUT2D eigenvalue weighted by Crippen LogP contribution is 2.28. The van der Waals surface area contributed by atoms with E-state index in [9.17, 15) is 22.4 Å². The number of carbonyl (C=O) groups excluding carboxylic acids is 1. The summed E-state index contributed by atoms with van der Waals surface area (Å²) >= 11 is 0. The van der Waals surface area contributed by atoms with Gasteiger partial charge in [-0.3, -0.25) is 0 Å². The number of carbonyl (C=O) groups is 1. The Morgan fingerprint density at radius 1 is 1.19 bits per heavy atom. The lowest BCUT2D eigenvalue weighted by molar-refractivity contribution is 0.126. The molecule has 0 bridgehead atoms. The predicted octanol–water partition coefficient (Wildman–Crippen LogP) is 3.86. The quantitative estimate of drug-likeness (QED) is 0.613. The van der Waals surface area contributed by atoms with Crippen molar-refractivity contribution in [3.05, 3.63) is 29.3 Å². The highest BCUT2D eigenvalue weighted by molar-refractivity contribution is 5.71. The zero-order valence-corrected chi connectivity index (χ0v) is 11.5. The Hall–Kier alpha value is -1.79. The number of amides is 1. The van der Waals surface area contributed by atoms with Gasteiger partial charge in [-0.25, -0.2) is 13.6 Å². The molecule has 1 aliphatic rings. The van der Waals surface area contributed by atoms with E-state index >= 15 is 0 Å². The van der Waals surface area contributed by atoms with E-state index in [0.29, 0.717) is 19.0 Å². The smallest absolute Gasteiger partial charge is 0.404 e. The molecule has 1 aliphatic heterocycles. The number of rotatable bonds is 2. The molecular formula is C14H15F4NO2. The minimum atomic E-state index is -1.72. The van der Waals surface area contributed by atoms with Crippen LogP contribution in [0.4, 0.5) is 22.4 Å². The summed E-state index contributed by atoms with van der Waals surface area (Å²) in [4.78, 5) is 13.1. The van der Waals surface area contributed by atoms with Crippen LogP contribution in [-0.2, 0) is 0 Å². The Balaban J connectivity index is 2.10. The maximum atomic E-state index is 13.4. The summed E-state index contributed by atoms with van der Waals surface area (Å²) in [6, 6.07) is 0.0642. The molecule has 0 saturated carbocycles. The molecule has 1 aromatic carbocycles. The fourth-order valence-electron chi connectivity index (χ4n) is 2.32. The van der Waals surface area contributed by atoms with Crippen molar-refractivity contribution in [1.29, 1.82) is 0 Å². The van der Waals surface area contributed by atoms with E-state index < -0.39 is 35.1 Å². The molecule has 0 aromatic heterocycles. The maximum Gasteiger partial charge on any atom is 0.415 e. The molecule has 7 heteroatoms. The van der Waals surface area contributed by atoms with Gasteiger partial charge in [0.25, 0.3) is 0 Å². The third kappa shape index (κ3) is 3.28. The Kier molecular flexibility index (Phi) is 4.69. The average molecular weight is 305 g/mol. The lowest BCUT2D eigenvalue weighted by atomic mass is 9.95. The maximum absolute atomic E-state index is 13.4. The Morgan fingerprint density at radius 2 is 1.71 bits per heavy atom. The number of nitrogens with zero attached hydrogens (tertiary/aromatic N) is 1. The standard InChI is InChI=1S/C14H15F4NO2/c1-2-8-3-5-19(6-4-8)14(20)21-13-11(17)9(15)7-10(16)12(13)18/h7-8H,2-6H2,1H3. The van der Waals surface area contributed by atoms with Gasteiger partial charge in [-0.1, -0.05) is 13.3 Å². The van der Waals surface area contributed by atoms with E-state index in [4.69, 9.17) is 0 Å². The van der Waals surface area contributed by atoms with Crippen LogP contribution in [0.15, 0.2) is 6.07 Å². The van der Waals surface area contributed by atoms with Gasteiger partial charge >= 0.3 is 6.09 Å². The first kappa shape index (κ1) is 15.6. The molecule has 1 saturated heterocycles. The number of halogens is 4. The first-order chi connectivity index (χ1) is 9.93. The van der Waals surface area contributed by atoms with Crippen molar-refractivity contribution in [2.45, 2.75) is 26.2 Å². The summed E-state index contributed by atoms with van der Waals surface area (Å²) in [5.74, 6) is -7.50. The number of piperidine rings is 1. The highest BCUT2D eigenvalue weighted by Gasteiger charge is 2.27. The molecule has 116 valence electrons. The van der Waals surface area contributed by atoms with Crippen molar-refractivity contribution in [3.63, 3.8) is 0 Å². The third-order valence-corrected chi connectivity index (χ3v) is 3.71. The predicted molar refractivity (Wildman–Crippen MR) is 66.9 cm³/mol. The molecule has 0 spiro atoms. The van der Waals surface area contributed by atoms with Crippen LogP contribution in [0.1, 0.15) is 26.2 Å². The largest absolute Gasteiger partial charge is 0.415 e. The second kappa shape index (κ2) is 6.32. The van der Waals surface area contributed by atoms with Crippen LogP contribution in [-0.4, -0.2) is 24.1 Å². The van der Waals surface area contributed by atoms with Gasteiger partial charge < -0.3 is 9.64 Å². The summed E-state index contributed by atoms with van der Waals surface area (Å²) in [7, 11) is 0. The number of hydrogen-bond donors (Lipinski definition) is 0. The molecule has 1 amide bonds. The van der Waals surface area contributed by atoms with E-state index in [1.165, 1.54) is 4.90 Å². The van der Waals surface area contributed by atoms with Crippen molar-refractivity contribution in [2.24, 2.45) is 5.92 Å². The zero-order chi connectivity index (χ0) is 15.6. The van der Waals surface area contributed by atoms with Crippen LogP contribution in [0.2, 0.25) is 0 Å². The fraction of sp³-hybridized carbons (Fsp3) is 0.500. The van der Waals surface area contributed by atoms with Crippen LogP contribution in [0.3, 0.4) is 0 Å². The van der Waals surface area contributed by atoms with Crippen molar-refractivity contribution in [2.75, 3.05) is 13.1 Å². The molecule has 1 heterocycles. The van der Waals surface area contributed by atoms with Gasteiger partial charge in [0.1, 0.15) is 0 Å². The second-order valence-electron chi connectivity index (χ2n) is 5.00. The van der Waals surface area contributed by atoms with Crippen LogP contribution in [0.25, 0.3) is 0 Å². The minimum Gasteiger partial charge on any atom is -0.404 e. The summed E-state index contributed by atoms with van der Waals surface area (Å²) < 4.78 is 57.4. The van der Waals surface area contributed by atoms with Crippen LogP contribution >= 0.6 is 0 Å². The van der Waals surface area contributed by atoms with Crippen LogP contribution in [0, 0.1) is 29.2 Å². The van der Waals surface area contributed by atoms with Crippen molar-refractivity contribution in [3.8, 4) is 5.75 Å². The van der Waals surface area contributed by atoms with Gasteiger partial charge in [0.15, 0.2) is 11.6 Å². The summed E-state index contributed by atoms with van der Waals surface area (Å²) in [6.45, 7) is 2.82.